The van der Waals surface area contributed by atoms with Crippen molar-refractivity contribution in [1.29, 1.82) is 0 Å². The van der Waals surface area contributed by atoms with Gasteiger partial charge in [0.1, 0.15) is 11.5 Å². The molecule has 0 unspecified atom stereocenters. The van der Waals surface area contributed by atoms with E-state index in [1.54, 1.807) is 17.0 Å². The summed E-state index contributed by atoms with van der Waals surface area (Å²) >= 11 is 0. The van der Waals surface area contributed by atoms with Crippen LogP contribution in [0.15, 0.2) is 53.4 Å². The number of carbonyl (C=O) groups excluding carboxylic acids is 1. The number of sulfone groups is 1. The summed E-state index contributed by atoms with van der Waals surface area (Å²) in [4.78, 5) is 18.1. The molecule has 1 fully saturated rings. The lowest BCUT2D eigenvalue weighted by Crippen LogP contribution is -2.46. The summed E-state index contributed by atoms with van der Waals surface area (Å²) in [6.45, 7) is 7.30. The molecule has 0 aliphatic carbocycles. The van der Waals surface area contributed by atoms with E-state index < -0.39 is 15.6 Å². The first-order valence-electron chi connectivity index (χ1n) is 13.0. The normalized spacial score (nSPS) is 20.9. The average molecular weight is 514 g/mol. The van der Waals surface area contributed by atoms with E-state index in [0.717, 1.165) is 50.0 Å². The number of amides is 1. The van der Waals surface area contributed by atoms with E-state index in [1.807, 2.05) is 24.3 Å². The van der Waals surface area contributed by atoms with Crippen LogP contribution in [0.4, 0.5) is 5.69 Å². The Bertz CT molecular complexity index is 1130. The van der Waals surface area contributed by atoms with E-state index in [-0.39, 0.29) is 16.8 Å². The molecular weight excluding hydrogens is 474 g/mol. The monoisotopic (exact) mass is 513 g/mol. The number of hydrogen-bond acceptors (Lipinski definition) is 6. The molecule has 0 aromatic heterocycles. The number of fused-ring (bicyclic) bond motifs is 3. The lowest BCUT2D eigenvalue weighted by molar-refractivity contribution is -0.129. The molecule has 1 saturated heterocycles. The van der Waals surface area contributed by atoms with Crippen LogP contribution in [0.1, 0.15) is 45.1 Å². The molecule has 2 aromatic carbocycles. The predicted molar refractivity (Wildman–Crippen MR) is 143 cm³/mol. The summed E-state index contributed by atoms with van der Waals surface area (Å²) in [5.41, 5.74) is 2.03. The van der Waals surface area contributed by atoms with Crippen LogP contribution in [0.2, 0.25) is 0 Å². The van der Waals surface area contributed by atoms with Gasteiger partial charge in [-0.3, -0.25) is 9.69 Å². The maximum atomic E-state index is 13.6. The van der Waals surface area contributed by atoms with Crippen LogP contribution in [-0.4, -0.2) is 68.7 Å². The second kappa shape index (κ2) is 11.6. The number of para-hydroxylation sites is 1. The van der Waals surface area contributed by atoms with Gasteiger partial charge in [-0.15, -0.1) is 0 Å². The number of anilines is 1. The van der Waals surface area contributed by atoms with Crippen molar-refractivity contribution in [2.24, 2.45) is 5.92 Å². The third-order valence-corrected chi connectivity index (χ3v) is 9.04. The maximum absolute atomic E-state index is 13.6. The van der Waals surface area contributed by atoms with Crippen molar-refractivity contribution in [1.82, 2.24) is 9.80 Å². The van der Waals surface area contributed by atoms with Crippen LogP contribution >= 0.6 is 0 Å². The minimum atomic E-state index is -3.78. The Morgan fingerprint density at radius 2 is 1.78 bits per heavy atom. The van der Waals surface area contributed by atoms with Crippen molar-refractivity contribution in [2.75, 3.05) is 37.8 Å². The molecule has 0 saturated carbocycles. The highest BCUT2D eigenvalue weighted by Gasteiger charge is 2.36. The number of carbonyl (C=O) groups is 1. The molecule has 7 nitrogen and oxygen atoms in total. The maximum Gasteiger partial charge on any atom is 0.238 e. The van der Waals surface area contributed by atoms with Gasteiger partial charge in [0, 0.05) is 37.4 Å². The van der Waals surface area contributed by atoms with Crippen LogP contribution in [0, 0.1) is 5.92 Å². The Hall–Kier alpha value is -2.58. The molecule has 2 heterocycles. The molecule has 0 radical (unpaired) electrons. The standard InChI is InChI=1S/C28H39N3O4S/c1-21(2)15-17-31-23-8-9-24(31)19-30(18-22-6-4-5-7-27(22)29-16-14-23)28(32)20-36(33,34)26-12-10-25(35-3)11-13-26/h4-7,10-13,21,23-24,29H,8-9,14-20H2,1-3H3/t23-,24+/m1/s1. The number of rotatable bonds is 7. The van der Waals surface area contributed by atoms with Gasteiger partial charge in [0.05, 0.1) is 12.0 Å². The second-order valence-electron chi connectivity index (χ2n) is 10.4. The van der Waals surface area contributed by atoms with Crippen LogP contribution in [0.5, 0.6) is 5.75 Å². The minimum absolute atomic E-state index is 0.135. The van der Waals surface area contributed by atoms with Crippen molar-refractivity contribution in [3.05, 3.63) is 54.1 Å². The third kappa shape index (κ3) is 6.40. The van der Waals surface area contributed by atoms with Gasteiger partial charge in [-0.25, -0.2) is 8.42 Å². The third-order valence-electron chi connectivity index (χ3n) is 7.42. The number of methoxy groups -OCH3 is 1. The molecular formula is C28H39N3O4S. The van der Waals surface area contributed by atoms with E-state index in [2.05, 4.69) is 24.1 Å². The Labute approximate surface area is 215 Å². The van der Waals surface area contributed by atoms with Gasteiger partial charge >= 0.3 is 0 Å². The van der Waals surface area contributed by atoms with Gasteiger partial charge in [0.2, 0.25) is 5.91 Å². The fourth-order valence-corrected chi connectivity index (χ4v) is 6.56. The van der Waals surface area contributed by atoms with Crippen molar-refractivity contribution in [3.8, 4) is 5.75 Å². The lowest BCUT2D eigenvalue weighted by atomic mass is 10.1. The van der Waals surface area contributed by atoms with E-state index in [4.69, 9.17) is 4.74 Å². The SMILES string of the molecule is COc1ccc(S(=O)(=O)CC(=O)N2Cc3ccccc3NCC[C@H]3CC[C@@H](C2)N3CCC(C)C)cc1. The zero-order chi connectivity index (χ0) is 25.7. The topological polar surface area (TPSA) is 79.0 Å². The average Bonchev–Trinajstić information content (AvgIpc) is 3.22. The van der Waals surface area contributed by atoms with Crippen molar-refractivity contribution in [3.63, 3.8) is 0 Å². The van der Waals surface area contributed by atoms with Crippen LogP contribution in [0.25, 0.3) is 0 Å². The van der Waals surface area contributed by atoms with E-state index in [1.165, 1.54) is 19.2 Å². The van der Waals surface area contributed by atoms with Gasteiger partial charge in [-0.05, 0) is 74.0 Å². The van der Waals surface area contributed by atoms with Gasteiger partial charge in [-0.2, -0.15) is 0 Å². The Balaban J connectivity index is 1.60. The molecule has 2 aromatic rings. The molecule has 1 N–H and O–H groups in total. The largest absolute Gasteiger partial charge is 0.497 e. The Morgan fingerprint density at radius 3 is 2.50 bits per heavy atom. The van der Waals surface area contributed by atoms with Crippen molar-refractivity contribution >= 4 is 21.4 Å². The van der Waals surface area contributed by atoms with E-state index in [0.29, 0.717) is 30.8 Å². The molecule has 36 heavy (non-hydrogen) atoms. The number of nitrogens with one attached hydrogen (secondary N) is 1. The Kier molecular flexibility index (Phi) is 8.57. The Morgan fingerprint density at radius 1 is 1.06 bits per heavy atom. The quantitative estimate of drug-likeness (QED) is 0.598. The summed E-state index contributed by atoms with van der Waals surface area (Å²) in [5.74, 6) is 0.287. The smallest absolute Gasteiger partial charge is 0.238 e. The molecule has 2 aliphatic heterocycles. The molecule has 8 heteroatoms. The summed E-state index contributed by atoms with van der Waals surface area (Å²) in [6, 6.07) is 15.0. The first-order valence-corrected chi connectivity index (χ1v) is 14.6. The summed E-state index contributed by atoms with van der Waals surface area (Å²) in [7, 11) is -2.25. The lowest BCUT2D eigenvalue weighted by Gasteiger charge is -2.34. The second-order valence-corrected chi connectivity index (χ2v) is 12.4. The van der Waals surface area contributed by atoms with E-state index >= 15 is 0 Å². The van der Waals surface area contributed by atoms with Gasteiger partial charge < -0.3 is 15.0 Å². The summed E-state index contributed by atoms with van der Waals surface area (Å²) < 4.78 is 31.4. The highest BCUT2D eigenvalue weighted by Crippen LogP contribution is 2.30. The fraction of sp³-hybridized carbons (Fsp3) is 0.536. The highest BCUT2D eigenvalue weighted by atomic mass is 32.2. The number of ether oxygens (including phenoxy) is 1. The van der Waals surface area contributed by atoms with Gasteiger partial charge in [0.15, 0.2) is 9.84 Å². The summed E-state index contributed by atoms with van der Waals surface area (Å²) in [6.07, 6.45) is 4.31. The molecule has 2 aliphatic rings. The molecule has 196 valence electrons. The summed E-state index contributed by atoms with van der Waals surface area (Å²) in [5, 5.41) is 3.58. The predicted octanol–water partition coefficient (Wildman–Crippen LogP) is 4.19. The van der Waals surface area contributed by atoms with Gasteiger partial charge in [0.25, 0.3) is 0 Å². The molecule has 1 amide bonds. The number of hydrogen-bond donors (Lipinski definition) is 1. The van der Waals surface area contributed by atoms with Gasteiger partial charge in [-0.1, -0.05) is 32.0 Å². The first-order chi connectivity index (χ1) is 17.3. The van der Waals surface area contributed by atoms with Crippen LogP contribution in [0.3, 0.4) is 0 Å². The molecule has 4 rings (SSSR count). The minimum Gasteiger partial charge on any atom is -0.497 e. The fourth-order valence-electron chi connectivity index (χ4n) is 5.33. The number of benzene rings is 2. The molecule has 2 atom stereocenters. The molecule has 0 spiro atoms. The first kappa shape index (κ1) is 26.5. The van der Waals surface area contributed by atoms with E-state index in [9.17, 15) is 13.2 Å². The number of nitrogens with zero attached hydrogens (tertiary/aromatic N) is 2. The zero-order valence-electron chi connectivity index (χ0n) is 21.7. The molecule has 2 bridgehead atoms. The zero-order valence-corrected chi connectivity index (χ0v) is 22.5. The highest BCUT2D eigenvalue weighted by molar-refractivity contribution is 7.92. The van der Waals surface area contributed by atoms with Crippen LogP contribution < -0.4 is 10.1 Å². The van der Waals surface area contributed by atoms with Crippen LogP contribution in [-0.2, 0) is 21.2 Å². The van der Waals surface area contributed by atoms with Crippen molar-refractivity contribution < 1.29 is 17.9 Å². The van der Waals surface area contributed by atoms with Crippen molar-refractivity contribution in [2.45, 2.75) is 63.1 Å².